The zero-order valence-electron chi connectivity index (χ0n) is 15.8. The van der Waals surface area contributed by atoms with E-state index in [-0.39, 0.29) is 30.3 Å². The topological polar surface area (TPSA) is 79.3 Å². The molecule has 0 atom stereocenters. The number of aromatic nitrogens is 1. The quantitative estimate of drug-likeness (QED) is 0.476. The third-order valence-electron chi connectivity index (χ3n) is 4.59. The predicted molar refractivity (Wildman–Crippen MR) is 114 cm³/mol. The molecule has 1 amide bonds. The molecule has 4 rings (SSSR count). The van der Waals surface area contributed by atoms with Crippen LogP contribution >= 0.6 is 11.3 Å². The van der Waals surface area contributed by atoms with E-state index in [9.17, 15) is 14.0 Å². The number of nitrogens with one attached hydrogen (secondary N) is 1. The summed E-state index contributed by atoms with van der Waals surface area (Å²) in [6.07, 6.45) is 0.143. The highest BCUT2D eigenvalue weighted by molar-refractivity contribution is 7.18. The summed E-state index contributed by atoms with van der Waals surface area (Å²) < 4.78 is 14.1. The molecule has 0 saturated carbocycles. The number of amides is 1. The summed E-state index contributed by atoms with van der Waals surface area (Å²) in [6.45, 7) is 0.250. The second-order valence-electron chi connectivity index (χ2n) is 6.76. The van der Waals surface area contributed by atoms with Gasteiger partial charge in [-0.1, -0.05) is 30.3 Å². The second-order valence-corrected chi connectivity index (χ2v) is 7.87. The van der Waals surface area contributed by atoms with Crippen molar-refractivity contribution in [2.75, 3.05) is 0 Å². The Bertz CT molecular complexity index is 1230. The van der Waals surface area contributed by atoms with Gasteiger partial charge in [0.15, 0.2) is 0 Å². The summed E-state index contributed by atoms with van der Waals surface area (Å²) in [5, 5.41) is 12.5. The summed E-state index contributed by atoms with van der Waals surface area (Å²) in [5.41, 5.74) is 3.58. The van der Waals surface area contributed by atoms with Gasteiger partial charge in [0.1, 0.15) is 10.8 Å². The van der Waals surface area contributed by atoms with Crippen molar-refractivity contribution in [2.24, 2.45) is 0 Å². The number of nitrogens with zero attached hydrogens (tertiary/aromatic N) is 1. The van der Waals surface area contributed by atoms with E-state index in [0.717, 1.165) is 26.9 Å². The SMILES string of the molecule is O=C(Cc1nc2ccc(-c3ccc(F)cc3)cc2s1)NCc1cccc(C(=O)O)c1. The van der Waals surface area contributed by atoms with Gasteiger partial charge in [-0.05, 0) is 53.1 Å². The van der Waals surface area contributed by atoms with E-state index in [1.807, 2.05) is 18.2 Å². The molecular weight excluding hydrogens is 403 g/mol. The molecule has 3 aromatic carbocycles. The van der Waals surface area contributed by atoms with Gasteiger partial charge in [-0.3, -0.25) is 4.79 Å². The Morgan fingerprint density at radius 2 is 1.77 bits per heavy atom. The first-order valence-corrected chi connectivity index (χ1v) is 10.0. The molecule has 0 aliphatic carbocycles. The lowest BCUT2D eigenvalue weighted by molar-refractivity contribution is -0.120. The molecule has 7 heteroatoms. The van der Waals surface area contributed by atoms with Crippen molar-refractivity contribution in [1.29, 1.82) is 0 Å². The maximum Gasteiger partial charge on any atom is 0.335 e. The fourth-order valence-corrected chi connectivity index (χ4v) is 4.09. The number of carboxylic acids is 1. The minimum Gasteiger partial charge on any atom is -0.478 e. The zero-order chi connectivity index (χ0) is 21.1. The molecule has 0 spiro atoms. The Labute approximate surface area is 175 Å². The lowest BCUT2D eigenvalue weighted by atomic mass is 10.1. The van der Waals surface area contributed by atoms with Crippen LogP contribution in [0.4, 0.5) is 4.39 Å². The molecule has 0 aliphatic rings. The van der Waals surface area contributed by atoms with Crippen LogP contribution in [-0.2, 0) is 17.8 Å². The van der Waals surface area contributed by atoms with Crippen molar-refractivity contribution < 1.29 is 19.1 Å². The van der Waals surface area contributed by atoms with Crippen LogP contribution in [0.2, 0.25) is 0 Å². The van der Waals surface area contributed by atoms with Crippen molar-refractivity contribution in [3.63, 3.8) is 0 Å². The zero-order valence-corrected chi connectivity index (χ0v) is 16.6. The Kier molecular flexibility index (Phi) is 5.54. The van der Waals surface area contributed by atoms with Gasteiger partial charge in [-0.15, -0.1) is 11.3 Å². The number of rotatable bonds is 6. The van der Waals surface area contributed by atoms with Crippen LogP contribution in [0.15, 0.2) is 66.7 Å². The van der Waals surface area contributed by atoms with Gasteiger partial charge < -0.3 is 10.4 Å². The normalized spacial score (nSPS) is 10.8. The van der Waals surface area contributed by atoms with Crippen LogP contribution in [0, 0.1) is 5.82 Å². The van der Waals surface area contributed by atoms with E-state index in [1.54, 1.807) is 24.3 Å². The Hall–Kier alpha value is -3.58. The van der Waals surface area contributed by atoms with Crippen LogP contribution in [-0.4, -0.2) is 22.0 Å². The van der Waals surface area contributed by atoms with E-state index in [0.29, 0.717) is 5.01 Å². The van der Waals surface area contributed by atoms with Crippen molar-refractivity contribution in [3.8, 4) is 11.1 Å². The van der Waals surface area contributed by atoms with Crippen LogP contribution in [0.5, 0.6) is 0 Å². The first-order chi connectivity index (χ1) is 14.5. The summed E-state index contributed by atoms with van der Waals surface area (Å²) >= 11 is 1.44. The molecule has 0 saturated heterocycles. The summed E-state index contributed by atoms with van der Waals surface area (Å²) in [7, 11) is 0. The summed E-state index contributed by atoms with van der Waals surface area (Å²) in [4.78, 5) is 27.9. The van der Waals surface area contributed by atoms with Gasteiger partial charge in [0.2, 0.25) is 5.91 Å². The van der Waals surface area contributed by atoms with Gasteiger partial charge in [0.05, 0.1) is 22.2 Å². The second kappa shape index (κ2) is 8.42. The fraction of sp³-hybridized carbons (Fsp3) is 0.0870. The largest absolute Gasteiger partial charge is 0.478 e. The minimum absolute atomic E-state index is 0.143. The average Bonchev–Trinajstić information content (AvgIpc) is 3.14. The van der Waals surface area contributed by atoms with Gasteiger partial charge >= 0.3 is 5.97 Å². The van der Waals surface area contributed by atoms with Crippen molar-refractivity contribution in [1.82, 2.24) is 10.3 Å². The molecule has 2 N–H and O–H groups in total. The third kappa shape index (κ3) is 4.52. The first-order valence-electron chi connectivity index (χ1n) is 9.22. The molecular formula is C23H17FN2O3S. The molecule has 1 heterocycles. The number of hydrogen-bond donors (Lipinski definition) is 2. The highest BCUT2D eigenvalue weighted by Crippen LogP contribution is 2.28. The summed E-state index contributed by atoms with van der Waals surface area (Å²) in [6, 6.07) is 18.6. The molecule has 4 aromatic rings. The Morgan fingerprint density at radius 3 is 2.53 bits per heavy atom. The smallest absolute Gasteiger partial charge is 0.335 e. The molecule has 0 fully saturated rings. The maximum absolute atomic E-state index is 13.1. The van der Waals surface area contributed by atoms with Crippen LogP contribution in [0.25, 0.3) is 21.3 Å². The lowest BCUT2D eigenvalue weighted by Gasteiger charge is -2.05. The van der Waals surface area contributed by atoms with Crippen LogP contribution in [0.3, 0.4) is 0 Å². The van der Waals surface area contributed by atoms with Crippen LogP contribution < -0.4 is 5.32 Å². The molecule has 150 valence electrons. The maximum atomic E-state index is 13.1. The Balaban J connectivity index is 1.43. The van der Waals surface area contributed by atoms with E-state index in [4.69, 9.17) is 5.11 Å². The van der Waals surface area contributed by atoms with Crippen LogP contribution in [0.1, 0.15) is 20.9 Å². The highest BCUT2D eigenvalue weighted by Gasteiger charge is 2.11. The fourth-order valence-electron chi connectivity index (χ4n) is 3.08. The van der Waals surface area contributed by atoms with E-state index in [1.165, 1.54) is 35.6 Å². The number of carboxylic acid groups (broad SMARTS) is 1. The number of hydrogen-bond acceptors (Lipinski definition) is 4. The number of thiazole rings is 1. The van der Waals surface area contributed by atoms with Gasteiger partial charge in [-0.2, -0.15) is 0 Å². The monoisotopic (exact) mass is 420 g/mol. The summed E-state index contributed by atoms with van der Waals surface area (Å²) in [5.74, 6) is -1.47. The van der Waals surface area contributed by atoms with E-state index in [2.05, 4.69) is 10.3 Å². The van der Waals surface area contributed by atoms with Gasteiger partial charge in [0, 0.05) is 6.54 Å². The molecule has 5 nitrogen and oxygen atoms in total. The lowest BCUT2D eigenvalue weighted by Crippen LogP contribution is -2.24. The van der Waals surface area contributed by atoms with Crippen molar-refractivity contribution in [3.05, 3.63) is 88.7 Å². The molecule has 0 aliphatic heterocycles. The minimum atomic E-state index is -1.00. The predicted octanol–water partition coefficient (Wildman–Crippen LogP) is 4.66. The van der Waals surface area contributed by atoms with E-state index >= 15 is 0 Å². The van der Waals surface area contributed by atoms with Crippen molar-refractivity contribution in [2.45, 2.75) is 13.0 Å². The number of halogens is 1. The average molecular weight is 420 g/mol. The van der Waals surface area contributed by atoms with Gasteiger partial charge in [0.25, 0.3) is 0 Å². The standard InChI is InChI=1S/C23H17FN2O3S/c24-18-7-4-15(5-8-18)16-6-9-19-20(11-16)30-22(26-19)12-21(27)25-13-14-2-1-3-17(10-14)23(28)29/h1-11H,12-13H2,(H,25,27)(H,28,29). The molecule has 0 radical (unpaired) electrons. The number of aromatic carboxylic acids is 1. The molecule has 0 unspecified atom stereocenters. The highest BCUT2D eigenvalue weighted by atomic mass is 32.1. The number of carbonyl (C=O) groups is 2. The van der Waals surface area contributed by atoms with Gasteiger partial charge in [-0.25, -0.2) is 14.2 Å². The number of fused-ring (bicyclic) bond motifs is 1. The first kappa shape index (κ1) is 19.7. The molecule has 0 bridgehead atoms. The number of benzene rings is 3. The van der Waals surface area contributed by atoms with E-state index < -0.39 is 5.97 Å². The number of carbonyl (C=O) groups excluding carboxylic acids is 1. The van der Waals surface area contributed by atoms with Crippen molar-refractivity contribution >= 4 is 33.4 Å². The third-order valence-corrected chi connectivity index (χ3v) is 5.60. The molecule has 30 heavy (non-hydrogen) atoms. The molecule has 1 aromatic heterocycles. The Morgan fingerprint density at radius 1 is 1.00 bits per heavy atom.